The van der Waals surface area contributed by atoms with Gasteiger partial charge in [0, 0.05) is 18.0 Å². The number of nitrogens with one attached hydrogen (secondary N) is 4. The third-order valence-electron chi connectivity index (χ3n) is 5.25. The van der Waals surface area contributed by atoms with Crippen LogP contribution in [0.2, 0.25) is 0 Å². The molecule has 4 unspecified atom stereocenters. The third kappa shape index (κ3) is 4.32. The maximum absolute atomic E-state index is 12.2. The molecular formula is C21H24N4O3. The van der Waals surface area contributed by atoms with Gasteiger partial charge in [0.05, 0.1) is 0 Å². The highest BCUT2D eigenvalue weighted by atomic mass is 16.3. The molecule has 0 radical (unpaired) electrons. The Hall–Kier alpha value is -2.90. The number of rotatable bonds is 5. The number of hydrogen-bond donors (Lipinski definition) is 4. The van der Waals surface area contributed by atoms with Gasteiger partial charge in [0.15, 0.2) is 0 Å². The van der Waals surface area contributed by atoms with Crippen LogP contribution in [0.15, 0.2) is 53.0 Å². The SMILES string of the molecule is CC1CC1c1ccc(/C=C/C(=O)NNC(=O)C2CC(c3ccccc3)NN2)o1. The molecule has 1 aromatic heterocycles. The molecule has 4 rings (SSSR count). The lowest BCUT2D eigenvalue weighted by Gasteiger charge is -2.10. The Morgan fingerprint density at radius 3 is 2.61 bits per heavy atom. The highest BCUT2D eigenvalue weighted by Crippen LogP contribution is 2.47. The minimum Gasteiger partial charge on any atom is -0.461 e. The highest BCUT2D eigenvalue weighted by molar-refractivity contribution is 5.93. The molecule has 1 saturated carbocycles. The summed E-state index contributed by atoms with van der Waals surface area (Å²) in [7, 11) is 0. The Morgan fingerprint density at radius 2 is 1.86 bits per heavy atom. The van der Waals surface area contributed by atoms with Crippen molar-refractivity contribution in [2.45, 2.75) is 37.8 Å². The normalized spacial score (nSPS) is 26.3. The van der Waals surface area contributed by atoms with Crippen molar-refractivity contribution in [1.29, 1.82) is 0 Å². The molecule has 1 aliphatic carbocycles. The maximum atomic E-state index is 12.2. The molecule has 1 saturated heterocycles. The van der Waals surface area contributed by atoms with Gasteiger partial charge >= 0.3 is 0 Å². The van der Waals surface area contributed by atoms with Crippen LogP contribution in [0, 0.1) is 5.92 Å². The summed E-state index contributed by atoms with van der Waals surface area (Å²) in [5, 5.41) is 0. The van der Waals surface area contributed by atoms with E-state index in [2.05, 4.69) is 28.6 Å². The fraction of sp³-hybridized carbons (Fsp3) is 0.333. The van der Waals surface area contributed by atoms with E-state index < -0.39 is 11.9 Å². The van der Waals surface area contributed by atoms with Crippen LogP contribution in [0.4, 0.5) is 0 Å². The van der Waals surface area contributed by atoms with Gasteiger partial charge in [0.2, 0.25) is 0 Å². The Labute approximate surface area is 163 Å². The van der Waals surface area contributed by atoms with Crippen LogP contribution in [-0.4, -0.2) is 17.9 Å². The molecule has 7 heteroatoms. The van der Waals surface area contributed by atoms with Gasteiger partial charge in [-0.25, -0.2) is 10.9 Å². The van der Waals surface area contributed by atoms with Crippen molar-refractivity contribution in [3.8, 4) is 0 Å². The first-order valence-electron chi connectivity index (χ1n) is 9.54. The van der Waals surface area contributed by atoms with Gasteiger partial charge in [-0.2, -0.15) is 0 Å². The molecular weight excluding hydrogens is 356 g/mol. The fourth-order valence-electron chi connectivity index (χ4n) is 3.42. The van der Waals surface area contributed by atoms with Crippen molar-refractivity contribution in [3.63, 3.8) is 0 Å². The van der Waals surface area contributed by atoms with Crippen molar-refractivity contribution >= 4 is 17.9 Å². The molecule has 0 bridgehead atoms. The lowest BCUT2D eigenvalue weighted by Crippen LogP contribution is -2.49. The second-order valence-electron chi connectivity index (χ2n) is 7.41. The molecule has 28 heavy (non-hydrogen) atoms. The van der Waals surface area contributed by atoms with E-state index in [1.807, 2.05) is 42.5 Å². The van der Waals surface area contributed by atoms with E-state index in [1.165, 1.54) is 6.08 Å². The van der Waals surface area contributed by atoms with E-state index in [-0.39, 0.29) is 11.9 Å². The van der Waals surface area contributed by atoms with Crippen LogP contribution in [0.25, 0.3) is 6.08 Å². The largest absolute Gasteiger partial charge is 0.461 e. The minimum atomic E-state index is -0.428. The Balaban J connectivity index is 1.22. The smallest absolute Gasteiger partial charge is 0.262 e. The lowest BCUT2D eigenvalue weighted by molar-refractivity contribution is -0.128. The monoisotopic (exact) mass is 380 g/mol. The van der Waals surface area contributed by atoms with Gasteiger partial charge in [0.1, 0.15) is 17.6 Å². The molecule has 4 N–H and O–H groups in total. The molecule has 1 aromatic carbocycles. The van der Waals surface area contributed by atoms with Gasteiger partial charge in [-0.3, -0.25) is 20.4 Å². The zero-order valence-corrected chi connectivity index (χ0v) is 15.6. The second kappa shape index (κ2) is 8.00. The zero-order valence-electron chi connectivity index (χ0n) is 15.6. The van der Waals surface area contributed by atoms with Gasteiger partial charge < -0.3 is 4.42 Å². The van der Waals surface area contributed by atoms with E-state index in [4.69, 9.17) is 4.42 Å². The number of carbonyl (C=O) groups is 2. The van der Waals surface area contributed by atoms with Crippen LogP contribution in [-0.2, 0) is 9.59 Å². The van der Waals surface area contributed by atoms with E-state index in [9.17, 15) is 9.59 Å². The second-order valence-corrected chi connectivity index (χ2v) is 7.41. The molecule has 2 aliphatic rings. The van der Waals surface area contributed by atoms with Gasteiger partial charge in [-0.05, 0) is 42.5 Å². The average Bonchev–Trinajstić information content (AvgIpc) is 3.13. The average molecular weight is 380 g/mol. The number of hydrogen-bond acceptors (Lipinski definition) is 5. The molecule has 0 spiro atoms. The number of furan rings is 1. The standard InChI is InChI=1S/C21H24N4O3/c1-13-11-16(13)19-9-7-15(28-19)8-10-20(26)24-25-21(27)18-12-17(22-23-18)14-5-3-2-4-6-14/h2-10,13,16-18,22-23H,11-12H2,1H3,(H,24,26)(H,25,27)/b10-8+. The predicted molar refractivity (Wildman–Crippen MR) is 104 cm³/mol. The molecule has 146 valence electrons. The zero-order chi connectivity index (χ0) is 19.5. The number of carbonyl (C=O) groups excluding carboxylic acids is 2. The van der Waals surface area contributed by atoms with Crippen LogP contribution in [0.3, 0.4) is 0 Å². The van der Waals surface area contributed by atoms with Gasteiger partial charge in [0.25, 0.3) is 11.8 Å². The van der Waals surface area contributed by atoms with E-state index in [0.29, 0.717) is 24.0 Å². The molecule has 1 aliphatic heterocycles. The first kappa shape index (κ1) is 18.5. The summed E-state index contributed by atoms with van der Waals surface area (Å²) >= 11 is 0. The van der Waals surface area contributed by atoms with Crippen LogP contribution in [0.1, 0.15) is 48.8 Å². The summed E-state index contributed by atoms with van der Waals surface area (Å²) in [5.41, 5.74) is 12.0. The summed E-state index contributed by atoms with van der Waals surface area (Å²) in [6.07, 6.45) is 4.68. The van der Waals surface area contributed by atoms with Crippen molar-refractivity contribution in [1.82, 2.24) is 21.7 Å². The number of amides is 2. The quantitative estimate of drug-likeness (QED) is 0.471. The maximum Gasteiger partial charge on any atom is 0.262 e. The third-order valence-corrected chi connectivity index (χ3v) is 5.25. The Morgan fingerprint density at radius 1 is 1.07 bits per heavy atom. The fourth-order valence-corrected chi connectivity index (χ4v) is 3.42. The number of benzene rings is 1. The van der Waals surface area contributed by atoms with Crippen molar-refractivity contribution in [3.05, 3.63) is 65.6 Å². The van der Waals surface area contributed by atoms with Crippen LogP contribution < -0.4 is 21.7 Å². The van der Waals surface area contributed by atoms with Gasteiger partial charge in [-0.15, -0.1) is 0 Å². The van der Waals surface area contributed by atoms with E-state index in [0.717, 1.165) is 17.7 Å². The molecule has 2 fully saturated rings. The van der Waals surface area contributed by atoms with Crippen LogP contribution in [0.5, 0.6) is 0 Å². The first-order chi connectivity index (χ1) is 13.6. The Bertz CT molecular complexity index is 877. The molecule has 2 aromatic rings. The summed E-state index contributed by atoms with van der Waals surface area (Å²) in [6, 6.07) is 13.3. The number of hydrazine groups is 2. The topological polar surface area (TPSA) is 95.4 Å². The summed E-state index contributed by atoms with van der Waals surface area (Å²) in [4.78, 5) is 24.2. The predicted octanol–water partition coefficient (Wildman–Crippen LogP) is 2.17. The van der Waals surface area contributed by atoms with Crippen molar-refractivity contribution < 1.29 is 14.0 Å². The molecule has 7 nitrogen and oxygen atoms in total. The first-order valence-corrected chi connectivity index (χ1v) is 9.54. The van der Waals surface area contributed by atoms with Crippen LogP contribution >= 0.6 is 0 Å². The Kier molecular flexibility index (Phi) is 5.27. The molecule has 2 heterocycles. The van der Waals surface area contributed by atoms with Crippen molar-refractivity contribution in [2.75, 3.05) is 0 Å². The molecule has 4 atom stereocenters. The highest BCUT2D eigenvalue weighted by Gasteiger charge is 2.36. The summed E-state index contributed by atoms with van der Waals surface area (Å²) in [6.45, 7) is 2.19. The van der Waals surface area contributed by atoms with E-state index >= 15 is 0 Å². The lowest BCUT2D eigenvalue weighted by atomic mass is 10.0. The summed E-state index contributed by atoms with van der Waals surface area (Å²) < 4.78 is 5.72. The van der Waals surface area contributed by atoms with Crippen molar-refractivity contribution in [2.24, 2.45) is 5.92 Å². The summed E-state index contributed by atoms with van der Waals surface area (Å²) in [5.74, 6) is 2.05. The van der Waals surface area contributed by atoms with Gasteiger partial charge in [-0.1, -0.05) is 37.3 Å². The minimum absolute atomic E-state index is 0.0508. The molecule has 2 amide bonds. The van der Waals surface area contributed by atoms with E-state index in [1.54, 1.807) is 6.08 Å².